The highest BCUT2D eigenvalue weighted by molar-refractivity contribution is 5.87. The molecule has 21 heavy (non-hydrogen) atoms. The smallest absolute Gasteiger partial charge is 0.153 e. The van der Waals surface area contributed by atoms with E-state index in [-0.39, 0.29) is 5.82 Å². The molecular formula is C17H16FN3. The van der Waals surface area contributed by atoms with Crippen molar-refractivity contribution in [3.05, 3.63) is 59.4 Å². The zero-order chi connectivity index (χ0) is 15.0. The fraction of sp³-hybridized carbons (Fsp3) is 0.118. The van der Waals surface area contributed by atoms with Gasteiger partial charge >= 0.3 is 0 Å². The minimum absolute atomic E-state index is 0.240. The standard InChI is InChI=1S/C17H16FN3/c1-10-4-3-5-12(8-10)15-16(20-21-17(15)19)13-7-6-11(2)14(18)9-13/h3-9H,1-2H3,(H3,19,20,21). The van der Waals surface area contributed by atoms with Gasteiger partial charge in [-0.15, -0.1) is 0 Å². The van der Waals surface area contributed by atoms with Crippen molar-refractivity contribution in [1.29, 1.82) is 0 Å². The average molecular weight is 281 g/mol. The van der Waals surface area contributed by atoms with E-state index in [0.29, 0.717) is 11.4 Å². The van der Waals surface area contributed by atoms with Crippen LogP contribution >= 0.6 is 0 Å². The van der Waals surface area contributed by atoms with Gasteiger partial charge in [0.2, 0.25) is 0 Å². The molecule has 0 aliphatic heterocycles. The highest BCUT2D eigenvalue weighted by Gasteiger charge is 2.15. The number of halogens is 1. The van der Waals surface area contributed by atoms with Crippen LogP contribution in [0.3, 0.4) is 0 Å². The largest absolute Gasteiger partial charge is 0.382 e. The molecule has 0 spiro atoms. The van der Waals surface area contributed by atoms with Gasteiger partial charge in [0.05, 0.1) is 11.3 Å². The normalized spacial score (nSPS) is 10.8. The predicted molar refractivity (Wildman–Crippen MR) is 83.3 cm³/mol. The number of aromatic nitrogens is 2. The molecule has 3 aromatic rings. The molecule has 3 N–H and O–H groups in total. The van der Waals surface area contributed by atoms with Crippen LogP contribution in [-0.2, 0) is 0 Å². The van der Waals surface area contributed by atoms with Gasteiger partial charge in [0.15, 0.2) is 5.82 Å². The summed E-state index contributed by atoms with van der Waals surface area (Å²) < 4.78 is 13.8. The number of hydrogen-bond donors (Lipinski definition) is 2. The number of H-pyrrole nitrogens is 1. The van der Waals surface area contributed by atoms with Gasteiger partial charge in [-0.3, -0.25) is 5.10 Å². The second-order valence-electron chi connectivity index (χ2n) is 5.19. The van der Waals surface area contributed by atoms with Crippen LogP contribution in [0.5, 0.6) is 0 Å². The van der Waals surface area contributed by atoms with Crippen molar-refractivity contribution in [3.8, 4) is 22.4 Å². The fourth-order valence-electron chi connectivity index (χ4n) is 2.41. The van der Waals surface area contributed by atoms with Crippen LogP contribution in [0.25, 0.3) is 22.4 Å². The van der Waals surface area contributed by atoms with Crippen LogP contribution in [0.1, 0.15) is 11.1 Å². The number of nitrogens with one attached hydrogen (secondary N) is 1. The summed E-state index contributed by atoms with van der Waals surface area (Å²) in [6.07, 6.45) is 0. The van der Waals surface area contributed by atoms with Crippen molar-refractivity contribution in [1.82, 2.24) is 10.2 Å². The van der Waals surface area contributed by atoms with Crippen molar-refractivity contribution in [2.45, 2.75) is 13.8 Å². The first-order valence-electron chi connectivity index (χ1n) is 6.73. The molecule has 0 amide bonds. The van der Waals surface area contributed by atoms with E-state index in [1.54, 1.807) is 13.0 Å². The van der Waals surface area contributed by atoms with Gasteiger partial charge < -0.3 is 5.73 Å². The van der Waals surface area contributed by atoms with Crippen molar-refractivity contribution >= 4 is 5.82 Å². The van der Waals surface area contributed by atoms with Crippen molar-refractivity contribution in [2.75, 3.05) is 5.73 Å². The Bertz CT molecular complexity index is 806. The van der Waals surface area contributed by atoms with E-state index in [1.165, 1.54) is 6.07 Å². The van der Waals surface area contributed by atoms with Crippen LogP contribution in [0.15, 0.2) is 42.5 Å². The van der Waals surface area contributed by atoms with Crippen molar-refractivity contribution in [2.24, 2.45) is 0 Å². The van der Waals surface area contributed by atoms with Crippen LogP contribution in [0.2, 0.25) is 0 Å². The second kappa shape index (κ2) is 5.05. The summed E-state index contributed by atoms with van der Waals surface area (Å²) in [6.45, 7) is 3.76. The third kappa shape index (κ3) is 2.40. The molecule has 0 aliphatic rings. The minimum Gasteiger partial charge on any atom is -0.382 e. The summed E-state index contributed by atoms with van der Waals surface area (Å²) >= 11 is 0. The van der Waals surface area contributed by atoms with E-state index in [0.717, 1.165) is 27.9 Å². The third-order valence-electron chi connectivity index (χ3n) is 3.56. The van der Waals surface area contributed by atoms with E-state index in [1.807, 2.05) is 37.3 Å². The highest BCUT2D eigenvalue weighted by Crippen LogP contribution is 2.35. The Morgan fingerprint density at radius 3 is 2.57 bits per heavy atom. The molecule has 0 saturated carbocycles. The van der Waals surface area contributed by atoms with Crippen LogP contribution in [0.4, 0.5) is 10.2 Å². The quantitative estimate of drug-likeness (QED) is 0.743. The number of rotatable bonds is 2. The summed E-state index contributed by atoms with van der Waals surface area (Å²) in [5, 5.41) is 6.99. The first-order chi connectivity index (χ1) is 10.1. The molecule has 4 heteroatoms. The molecule has 1 aromatic heterocycles. The molecule has 3 rings (SSSR count). The number of benzene rings is 2. The Morgan fingerprint density at radius 2 is 1.86 bits per heavy atom. The molecule has 0 atom stereocenters. The van der Waals surface area contributed by atoms with Crippen LogP contribution < -0.4 is 5.73 Å². The zero-order valence-electron chi connectivity index (χ0n) is 11.9. The second-order valence-corrected chi connectivity index (χ2v) is 5.19. The molecule has 0 bridgehead atoms. The highest BCUT2D eigenvalue weighted by atomic mass is 19.1. The molecule has 0 unspecified atom stereocenters. The number of anilines is 1. The fourth-order valence-corrected chi connectivity index (χ4v) is 2.41. The van der Waals surface area contributed by atoms with E-state index < -0.39 is 0 Å². The van der Waals surface area contributed by atoms with Gasteiger partial charge in [-0.2, -0.15) is 5.10 Å². The van der Waals surface area contributed by atoms with E-state index in [2.05, 4.69) is 10.2 Å². The number of nitrogens with two attached hydrogens (primary N) is 1. The maximum atomic E-state index is 13.8. The van der Waals surface area contributed by atoms with Gasteiger partial charge in [-0.05, 0) is 31.0 Å². The minimum atomic E-state index is -0.240. The molecule has 0 fully saturated rings. The number of hydrogen-bond acceptors (Lipinski definition) is 2. The topological polar surface area (TPSA) is 54.7 Å². The molecule has 1 heterocycles. The van der Waals surface area contributed by atoms with Crippen molar-refractivity contribution in [3.63, 3.8) is 0 Å². The Balaban J connectivity index is 2.19. The summed E-state index contributed by atoms with van der Waals surface area (Å²) in [5.41, 5.74) is 11.0. The molecule has 0 saturated heterocycles. The lowest BCUT2D eigenvalue weighted by atomic mass is 9.99. The average Bonchev–Trinajstić information content (AvgIpc) is 2.84. The monoisotopic (exact) mass is 281 g/mol. The Kier molecular flexibility index (Phi) is 3.22. The SMILES string of the molecule is Cc1cccc(-c2c(N)n[nH]c2-c2ccc(C)c(F)c2)c1. The molecule has 2 aromatic carbocycles. The molecule has 106 valence electrons. The Hall–Kier alpha value is -2.62. The summed E-state index contributed by atoms with van der Waals surface area (Å²) in [4.78, 5) is 0. The van der Waals surface area contributed by atoms with Gasteiger partial charge in [-0.1, -0.05) is 42.0 Å². The van der Waals surface area contributed by atoms with Crippen molar-refractivity contribution < 1.29 is 4.39 Å². The number of nitrogens with zero attached hydrogens (tertiary/aromatic N) is 1. The lowest BCUT2D eigenvalue weighted by Gasteiger charge is -2.07. The number of aromatic amines is 1. The number of aryl methyl sites for hydroxylation is 2. The first kappa shape index (κ1) is 13.4. The van der Waals surface area contributed by atoms with Gasteiger partial charge in [0.25, 0.3) is 0 Å². The van der Waals surface area contributed by atoms with Crippen LogP contribution in [0, 0.1) is 19.7 Å². The van der Waals surface area contributed by atoms with Gasteiger partial charge in [-0.25, -0.2) is 4.39 Å². The molecular weight excluding hydrogens is 265 g/mol. The first-order valence-corrected chi connectivity index (χ1v) is 6.73. The molecule has 3 nitrogen and oxygen atoms in total. The van der Waals surface area contributed by atoms with E-state index in [4.69, 9.17) is 5.73 Å². The van der Waals surface area contributed by atoms with Gasteiger partial charge in [0.1, 0.15) is 5.82 Å². The molecule has 0 aliphatic carbocycles. The van der Waals surface area contributed by atoms with E-state index >= 15 is 0 Å². The third-order valence-corrected chi connectivity index (χ3v) is 3.56. The lowest BCUT2D eigenvalue weighted by molar-refractivity contribution is 0.619. The maximum absolute atomic E-state index is 13.8. The summed E-state index contributed by atoms with van der Waals surface area (Å²) in [6, 6.07) is 13.1. The summed E-state index contributed by atoms with van der Waals surface area (Å²) in [5.74, 6) is 0.174. The maximum Gasteiger partial charge on any atom is 0.153 e. The zero-order valence-corrected chi connectivity index (χ0v) is 11.9. The van der Waals surface area contributed by atoms with Gasteiger partial charge in [0, 0.05) is 5.56 Å². The Labute approximate surface area is 122 Å². The molecule has 0 radical (unpaired) electrons. The van der Waals surface area contributed by atoms with E-state index in [9.17, 15) is 4.39 Å². The predicted octanol–water partition coefficient (Wildman–Crippen LogP) is 4.08. The number of nitrogen functional groups attached to an aromatic ring is 1. The Morgan fingerprint density at radius 1 is 1.05 bits per heavy atom. The summed E-state index contributed by atoms with van der Waals surface area (Å²) in [7, 11) is 0. The lowest BCUT2D eigenvalue weighted by Crippen LogP contribution is -1.90. The van der Waals surface area contributed by atoms with Crippen LogP contribution in [-0.4, -0.2) is 10.2 Å².